The van der Waals surface area contributed by atoms with Gasteiger partial charge in [-0.15, -0.1) is 23.2 Å². The Balaban J connectivity index is 1.07. The summed E-state index contributed by atoms with van der Waals surface area (Å²) in [6, 6.07) is 14.0. The molecule has 10 amide bonds. The number of halogens is 2. The van der Waals surface area contributed by atoms with Crippen molar-refractivity contribution in [2.75, 3.05) is 84.8 Å². The van der Waals surface area contributed by atoms with Gasteiger partial charge in [-0.3, -0.25) is 47.9 Å². The van der Waals surface area contributed by atoms with Crippen LogP contribution in [-0.4, -0.2) is 148 Å². The number of benzene rings is 4. The number of carbonyl (C=O) groups is 10. The molecule has 3 aliphatic heterocycles. The van der Waals surface area contributed by atoms with E-state index in [1.165, 1.54) is 27.7 Å². The van der Waals surface area contributed by atoms with E-state index < -0.39 is 71.4 Å². The van der Waals surface area contributed by atoms with Gasteiger partial charge in [0, 0.05) is 109 Å². The molecule has 0 radical (unpaired) electrons. The fourth-order valence-electron chi connectivity index (χ4n) is 9.74. The molecule has 3 heterocycles. The molecule has 0 fully saturated rings. The van der Waals surface area contributed by atoms with Crippen LogP contribution in [0.25, 0.3) is 21.5 Å². The lowest BCUT2D eigenvalue weighted by Crippen LogP contribution is -2.50. The Morgan fingerprint density at radius 3 is 1.25 bits per heavy atom. The van der Waals surface area contributed by atoms with Crippen molar-refractivity contribution >= 4 is 127 Å². The van der Waals surface area contributed by atoms with Crippen LogP contribution >= 0.6 is 23.2 Å². The summed E-state index contributed by atoms with van der Waals surface area (Å²) < 4.78 is 10.8. The molecule has 0 spiro atoms. The minimum Gasteiger partial charge on any atom is -0.379 e. The van der Waals surface area contributed by atoms with Gasteiger partial charge in [0.15, 0.2) is 0 Å². The molecule has 430 valence electrons. The first-order valence-corrected chi connectivity index (χ1v) is 27.8. The summed E-state index contributed by atoms with van der Waals surface area (Å²) >= 11 is 13.1. The number of nitrogens with zero attached hydrogens (tertiary/aromatic N) is 2. The van der Waals surface area contributed by atoms with Crippen molar-refractivity contribution in [3.05, 3.63) is 71.8 Å². The SMILES string of the molecule is CC1NC(=O)CCOCCNC(=O)C#CC(=O)NCCOCCC(=O)NC(C)C(=O)NC(C)C(=O)Nc2cc3c(c4ccccc24)[C@H](CCl)CN3C(=O)CCCC(=O)N2C[C@@H](CCl)c3c2cc(c2ccccc32)NC(=O)C(C)NC1=O. The largest absolute Gasteiger partial charge is 0.379 e. The zero-order valence-electron chi connectivity index (χ0n) is 45.4. The van der Waals surface area contributed by atoms with Crippen LogP contribution in [0.5, 0.6) is 0 Å². The summed E-state index contributed by atoms with van der Waals surface area (Å²) in [5.74, 6) is -1.19. The fraction of sp³-hybridized carbons (Fsp3) is 0.439. The molecule has 4 aromatic rings. The van der Waals surface area contributed by atoms with E-state index >= 15 is 0 Å². The van der Waals surface area contributed by atoms with Crippen molar-refractivity contribution in [2.24, 2.45) is 0 Å². The zero-order valence-corrected chi connectivity index (χ0v) is 46.9. The number of nitrogens with one attached hydrogen (secondary N) is 8. The summed E-state index contributed by atoms with van der Waals surface area (Å²) in [5, 5.41) is 24.1. The highest BCUT2D eigenvalue weighted by Crippen LogP contribution is 2.47. The standard InChI is InChI=1S/C57H66Cl2N10O12/c1-32-54(76)64-34(3)56(78)66-42-26-44-52(40-12-7-5-10-38(40)42)36(28-58)30-68(44)50(74)14-9-15-51(75)69-31-37(29-59)53-41-13-8-6-11-39(41)43(27-45(53)69)67-57(79)35(4)65-55(77)33(2)63-49(73)19-23-81-25-21-61-47(71)17-16-46(70)60-20-24-80-22-18-48(72)62-32/h5-8,10-13,26-27,32-37H,9,14-15,18-25,28-31H2,1-4H3,(H,60,70)(H,61,71)(H,62,72)(H,63,73)(H,64,76)(H,65,77)(H,66,78)(H,67,79)/t32?,33?,34?,35?,36-,37-/m1/s1. The Labute approximate surface area is 478 Å². The second-order valence-corrected chi connectivity index (χ2v) is 20.5. The van der Waals surface area contributed by atoms with Crippen molar-refractivity contribution < 1.29 is 57.4 Å². The molecule has 24 heteroatoms. The summed E-state index contributed by atoms with van der Waals surface area (Å²) in [4.78, 5) is 135. The third-order valence-electron chi connectivity index (χ3n) is 14.0. The number of hydrogen-bond acceptors (Lipinski definition) is 12. The number of rotatable bonds is 2. The van der Waals surface area contributed by atoms with E-state index in [0.29, 0.717) is 33.5 Å². The predicted molar refractivity (Wildman–Crippen MR) is 306 cm³/mol. The van der Waals surface area contributed by atoms with Crippen LogP contribution in [-0.2, 0) is 57.4 Å². The number of alkyl halides is 2. The highest BCUT2D eigenvalue weighted by Gasteiger charge is 2.37. The molecular formula is C57H66Cl2N10O12. The van der Waals surface area contributed by atoms with E-state index in [9.17, 15) is 47.9 Å². The molecule has 22 nitrogen and oxygen atoms in total. The van der Waals surface area contributed by atoms with Crippen LogP contribution in [0.15, 0.2) is 60.7 Å². The second kappa shape index (κ2) is 28.5. The van der Waals surface area contributed by atoms with Gasteiger partial charge in [-0.1, -0.05) is 48.5 Å². The van der Waals surface area contributed by atoms with Gasteiger partial charge in [-0.05, 0) is 68.1 Å². The lowest BCUT2D eigenvalue weighted by Gasteiger charge is -2.22. The van der Waals surface area contributed by atoms with E-state index in [4.69, 9.17) is 32.7 Å². The molecule has 8 N–H and O–H groups in total. The smallest absolute Gasteiger partial charge is 0.296 e. The topological polar surface area (TPSA) is 292 Å². The first-order valence-electron chi connectivity index (χ1n) is 26.8. The van der Waals surface area contributed by atoms with Gasteiger partial charge in [-0.25, -0.2) is 0 Å². The Morgan fingerprint density at radius 1 is 0.494 bits per heavy atom. The Hall–Kier alpha value is -7.84. The van der Waals surface area contributed by atoms with Gasteiger partial charge in [-0.2, -0.15) is 0 Å². The van der Waals surface area contributed by atoms with Crippen LogP contribution in [0.1, 0.15) is 82.8 Å². The molecule has 4 unspecified atom stereocenters. The van der Waals surface area contributed by atoms with Crippen molar-refractivity contribution in [3.63, 3.8) is 0 Å². The molecule has 0 aliphatic carbocycles. The number of hydrogen-bond donors (Lipinski definition) is 8. The Bertz CT molecular complexity index is 2960. The minimum absolute atomic E-state index is 0.00384. The van der Waals surface area contributed by atoms with Crippen molar-refractivity contribution in [1.82, 2.24) is 31.9 Å². The number of ether oxygens (including phenoxy) is 2. The highest BCUT2D eigenvalue weighted by atomic mass is 35.5. The molecule has 0 saturated heterocycles. The van der Waals surface area contributed by atoms with Gasteiger partial charge in [0.05, 0.1) is 37.8 Å². The zero-order chi connectivity index (χ0) is 58.3. The molecular weight excluding hydrogens is 1090 g/mol. The number of anilines is 4. The third-order valence-corrected chi connectivity index (χ3v) is 14.7. The maximum Gasteiger partial charge on any atom is 0.296 e. The van der Waals surface area contributed by atoms with Crippen LogP contribution in [0.2, 0.25) is 0 Å². The predicted octanol–water partition coefficient (Wildman–Crippen LogP) is 3.16. The van der Waals surface area contributed by atoms with E-state index in [1.807, 2.05) is 48.5 Å². The molecule has 4 bridgehead atoms. The van der Waals surface area contributed by atoms with Gasteiger partial charge in [0.2, 0.25) is 47.3 Å². The maximum absolute atomic E-state index is 14.3. The van der Waals surface area contributed by atoms with E-state index in [0.717, 1.165) is 21.9 Å². The summed E-state index contributed by atoms with van der Waals surface area (Å²) in [5.41, 5.74) is 3.54. The van der Waals surface area contributed by atoms with Crippen molar-refractivity contribution in [2.45, 2.75) is 95.8 Å². The maximum atomic E-state index is 14.3. The summed E-state index contributed by atoms with van der Waals surface area (Å²) in [7, 11) is 0. The molecule has 0 aromatic heterocycles. The van der Waals surface area contributed by atoms with Gasteiger partial charge in [0.1, 0.15) is 24.2 Å². The van der Waals surface area contributed by atoms with E-state index in [1.54, 1.807) is 21.9 Å². The summed E-state index contributed by atoms with van der Waals surface area (Å²) in [6.07, 6.45) is -0.0566. The van der Waals surface area contributed by atoms with E-state index in [-0.39, 0.29) is 120 Å². The van der Waals surface area contributed by atoms with Crippen LogP contribution < -0.4 is 52.3 Å². The first kappa shape index (κ1) is 60.8. The van der Waals surface area contributed by atoms with Gasteiger partial charge < -0.3 is 61.8 Å². The Kier molecular flexibility index (Phi) is 21.4. The lowest BCUT2D eigenvalue weighted by atomic mass is 9.95. The highest BCUT2D eigenvalue weighted by molar-refractivity contribution is 6.20. The Morgan fingerprint density at radius 2 is 0.864 bits per heavy atom. The monoisotopic (exact) mass is 1150 g/mol. The molecule has 81 heavy (non-hydrogen) atoms. The molecule has 7 rings (SSSR count). The molecule has 0 saturated carbocycles. The van der Waals surface area contributed by atoms with Crippen LogP contribution in [0, 0.1) is 11.8 Å². The minimum atomic E-state index is -1.06. The first-order chi connectivity index (χ1) is 38.9. The lowest BCUT2D eigenvalue weighted by molar-refractivity contribution is -0.130. The fourth-order valence-corrected chi connectivity index (χ4v) is 10.2. The van der Waals surface area contributed by atoms with Crippen molar-refractivity contribution in [3.8, 4) is 11.8 Å². The van der Waals surface area contributed by atoms with Gasteiger partial charge >= 0.3 is 0 Å². The average molecular weight is 1150 g/mol. The number of amides is 10. The normalized spacial score (nSPS) is 23.5. The summed E-state index contributed by atoms with van der Waals surface area (Å²) in [6.45, 7) is 6.43. The quantitative estimate of drug-likeness (QED) is 0.106. The second-order valence-electron chi connectivity index (χ2n) is 19.9. The third kappa shape index (κ3) is 15.5. The van der Waals surface area contributed by atoms with Crippen LogP contribution in [0.4, 0.5) is 22.7 Å². The molecule has 6 atom stereocenters. The average Bonchev–Trinajstić information content (AvgIpc) is 4.28. The number of carbonyl (C=O) groups excluding carboxylic acids is 10. The van der Waals surface area contributed by atoms with Crippen LogP contribution in [0.3, 0.4) is 0 Å². The van der Waals surface area contributed by atoms with E-state index in [2.05, 4.69) is 54.4 Å². The van der Waals surface area contributed by atoms with Gasteiger partial charge in [0.25, 0.3) is 11.8 Å². The number of fused-ring (bicyclic) bond motifs is 8. The molecule has 3 aliphatic rings. The van der Waals surface area contributed by atoms with Crippen molar-refractivity contribution in [1.29, 1.82) is 0 Å². The molecule has 4 aromatic carbocycles.